The van der Waals surface area contributed by atoms with Gasteiger partial charge in [0.2, 0.25) is 0 Å². The molecule has 0 aliphatic heterocycles. The normalized spacial score (nSPS) is 32.7. The molecular formula is C9H18OS. The molecule has 1 aliphatic rings. The second-order valence-electron chi connectivity index (χ2n) is 3.58. The summed E-state index contributed by atoms with van der Waals surface area (Å²) in [5.74, 6) is 0. The molecule has 0 aromatic carbocycles. The minimum absolute atomic E-state index is 0.0313. The second-order valence-corrected chi connectivity index (χ2v) is 5.40. The average Bonchev–Trinajstić information content (AvgIpc) is 1.93. The van der Waals surface area contributed by atoms with E-state index in [4.69, 9.17) is 0 Å². The summed E-state index contributed by atoms with van der Waals surface area (Å²) in [6.45, 7) is 4.40. The molecule has 0 unspecified atom stereocenters. The summed E-state index contributed by atoms with van der Waals surface area (Å²) in [6.07, 6.45) is 4.72. The fraction of sp³-hybridized carbons (Fsp3) is 1.00. The summed E-state index contributed by atoms with van der Waals surface area (Å²) in [5.41, 5.74) is 0. The third-order valence-corrected chi connectivity index (χ3v) is 3.56. The molecule has 1 N–H and O–H groups in total. The Bertz CT molecular complexity index is 114. The molecule has 11 heavy (non-hydrogen) atoms. The SMILES string of the molecule is CC(C)S[C@H]1CCCC[C@@H]1O. The molecule has 0 saturated heterocycles. The Balaban J connectivity index is 2.29. The predicted molar refractivity (Wildman–Crippen MR) is 51.0 cm³/mol. The Labute approximate surface area is 73.6 Å². The fourth-order valence-electron chi connectivity index (χ4n) is 1.59. The van der Waals surface area contributed by atoms with Crippen LogP contribution < -0.4 is 0 Å². The van der Waals surface area contributed by atoms with Gasteiger partial charge in [-0.05, 0) is 18.1 Å². The van der Waals surface area contributed by atoms with Crippen LogP contribution in [0, 0.1) is 0 Å². The van der Waals surface area contributed by atoms with Crippen molar-refractivity contribution >= 4 is 11.8 Å². The van der Waals surface area contributed by atoms with E-state index in [2.05, 4.69) is 13.8 Å². The molecule has 1 rings (SSSR count). The highest BCUT2D eigenvalue weighted by molar-refractivity contribution is 8.00. The van der Waals surface area contributed by atoms with Crippen LogP contribution in [0.3, 0.4) is 0 Å². The lowest BCUT2D eigenvalue weighted by molar-refractivity contribution is 0.137. The Morgan fingerprint density at radius 3 is 2.45 bits per heavy atom. The Kier molecular flexibility index (Phi) is 3.73. The lowest BCUT2D eigenvalue weighted by Crippen LogP contribution is -2.27. The van der Waals surface area contributed by atoms with E-state index in [9.17, 15) is 5.11 Å². The molecule has 0 aromatic rings. The molecule has 2 atom stereocenters. The lowest BCUT2D eigenvalue weighted by Gasteiger charge is -2.28. The third-order valence-electron chi connectivity index (χ3n) is 2.11. The highest BCUT2D eigenvalue weighted by Gasteiger charge is 2.23. The van der Waals surface area contributed by atoms with Crippen LogP contribution in [0.4, 0.5) is 0 Å². The third kappa shape index (κ3) is 3.04. The fourth-order valence-corrected chi connectivity index (χ4v) is 2.90. The number of aliphatic hydroxyl groups excluding tert-OH is 1. The van der Waals surface area contributed by atoms with Crippen molar-refractivity contribution in [3.05, 3.63) is 0 Å². The van der Waals surface area contributed by atoms with Crippen molar-refractivity contribution in [2.75, 3.05) is 0 Å². The predicted octanol–water partition coefficient (Wildman–Crippen LogP) is 2.43. The maximum absolute atomic E-state index is 9.60. The molecule has 1 saturated carbocycles. The summed E-state index contributed by atoms with van der Waals surface area (Å²) in [7, 11) is 0. The van der Waals surface area contributed by atoms with Gasteiger partial charge in [0.05, 0.1) is 6.10 Å². The van der Waals surface area contributed by atoms with Crippen LogP contribution in [-0.4, -0.2) is 21.7 Å². The van der Waals surface area contributed by atoms with Crippen LogP contribution in [0.25, 0.3) is 0 Å². The van der Waals surface area contributed by atoms with Crippen molar-refractivity contribution in [3.63, 3.8) is 0 Å². The maximum Gasteiger partial charge on any atom is 0.0658 e. The van der Waals surface area contributed by atoms with Crippen molar-refractivity contribution in [3.8, 4) is 0 Å². The van der Waals surface area contributed by atoms with Gasteiger partial charge in [-0.25, -0.2) is 0 Å². The first kappa shape index (κ1) is 9.40. The summed E-state index contributed by atoms with van der Waals surface area (Å²) < 4.78 is 0. The number of hydrogen-bond acceptors (Lipinski definition) is 2. The maximum atomic E-state index is 9.60. The van der Waals surface area contributed by atoms with Crippen molar-refractivity contribution in [2.45, 2.75) is 56.1 Å². The van der Waals surface area contributed by atoms with Crippen molar-refractivity contribution in [1.82, 2.24) is 0 Å². The molecule has 1 fully saturated rings. The van der Waals surface area contributed by atoms with E-state index in [0.29, 0.717) is 10.5 Å². The molecule has 0 spiro atoms. The van der Waals surface area contributed by atoms with E-state index >= 15 is 0 Å². The number of rotatable bonds is 2. The topological polar surface area (TPSA) is 20.2 Å². The van der Waals surface area contributed by atoms with Crippen molar-refractivity contribution < 1.29 is 5.11 Å². The average molecular weight is 174 g/mol. The molecule has 1 aliphatic carbocycles. The highest BCUT2D eigenvalue weighted by atomic mass is 32.2. The first-order valence-corrected chi connectivity index (χ1v) is 5.48. The molecule has 66 valence electrons. The summed E-state index contributed by atoms with van der Waals surface area (Å²) in [4.78, 5) is 0. The smallest absolute Gasteiger partial charge is 0.0658 e. The molecular weight excluding hydrogens is 156 g/mol. The van der Waals surface area contributed by atoms with E-state index in [-0.39, 0.29) is 6.10 Å². The van der Waals surface area contributed by atoms with Crippen LogP contribution in [0.5, 0.6) is 0 Å². The van der Waals surface area contributed by atoms with Crippen molar-refractivity contribution in [1.29, 1.82) is 0 Å². The zero-order valence-corrected chi connectivity index (χ0v) is 8.23. The Hall–Kier alpha value is 0.310. The minimum Gasteiger partial charge on any atom is -0.392 e. The van der Waals surface area contributed by atoms with Gasteiger partial charge in [0.1, 0.15) is 0 Å². The van der Waals surface area contributed by atoms with Gasteiger partial charge in [-0.2, -0.15) is 11.8 Å². The molecule has 0 radical (unpaired) electrons. The number of aliphatic hydroxyl groups is 1. The molecule has 0 heterocycles. The van der Waals surface area contributed by atoms with Crippen LogP contribution in [0.15, 0.2) is 0 Å². The van der Waals surface area contributed by atoms with Crippen LogP contribution in [0.2, 0.25) is 0 Å². The van der Waals surface area contributed by atoms with Gasteiger partial charge in [-0.3, -0.25) is 0 Å². The quantitative estimate of drug-likeness (QED) is 0.694. The van der Waals surface area contributed by atoms with Crippen LogP contribution >= 0.6 is 11.8 Å². The summed E-state index contributed by atoms with van der Waals surface area (Å²) >= 11 is 1.93. The number of hydrogen-bond donors (Lipinski definition) is 1. The van der Waals surface area contributed by atoms with Gasteiger partial charge in [-0.15, -0.1) is 0 Å². The highest BCUT2D eigenvalue weighted by Crippen LogP contribution is 2.30. The minimum atomic E-state index is -0.0313. The van der Waals surface area contributed by atoms with Gasteiger partial charge < -0.3 is 5.11 Å². The van der Waals surface area contributed by atoms with E-state index in [0.717, 1.165) is 6.42 Å². The van der Waals surface area contributed by atoms with Gasteiger partial charge in [0.15, 0.2) is 0 Å². The van der Waals surface area contributed by atoms with Crippen LogP contribution in [0.1, 0.15) is 39.5 Å². The summed E-state index contributed by atoms with van der Waals surface area (Å²) in [5, 5.41) is 10.8. The zero-order valence-electron chi connectivity index (χ0n) is 7.42. The van der Waals surface area contributed by atoms with Gasteiger partial charge in [0.25, 0.3) is 0 Å². The second kappa shape index (κ2) is 4.36. The largest absolute Gasteiger partial charge is 0.392 e. The van der Waals surface area contributed by atoms with Crippen molar-refractivity contribution in [2.24, 2.45) is 0 Å². The number of thioether (sulfide) groups is 1. The van der Waals surface area contributed by atoms with E-state index in [1.54, 1.807) is 0 Å². The Morgan fingerprint density at radius 2 is 1.91 bits per heavy atom. The van der Waals surface area contributed by atoms with Gasteiger partial charge >= 0.3 is 0 Å². The van der Waals surface area contributed by atoms with Crippen LogP contribution in [-0.2, 0) is 0 Å². The molecule has 0 aromatic heterocycles. The Morgan fingerprint density at radius 1 is 1.27 bits per heavy atom. The van der Waals surface area contributed by atoms with E-state index in [1.165, 1.54) is 19.3 Å². The lowest BCUT2D eigenvalue weighted by atomic mass is 9.97. The first-order chi connectivity index (χ1) is 5.20. The monoisotopic (exact) mass is 174 g/mol. The zero-order chi connectivity index (χ0) is 8.27. The molecule has 0 amide bonds. The molecule has 2 heteroatoms. The van der Waals surface area contributed by atoms with E-state index < -0.39 is 0 Å². The summed E-state index contributed by atoms with van der Waals surface area (Å²) in [6, 6.07) is 0. The van der Waals surface area contributed by atoms with Gasteiger partial charge in [-0.1, -0.05) is 26.7 Å². The van der Waals surface area contributed by atoms with E-state index in [1.807, 2.05) is 11.8 Å². The van der Waals surface area contributed by atoms with Gasteiger partial charge in [0, 0.05) is 5.25 Å². The standard InChI is InChI=1S/C9H18OS/c1-7(2)11-9-6-4-3-5-8(9)10/h7-10H,3-6H2,1-2H3/t8-,9-/m0/s1. The molecule has 1 nitrogen and oxygen atoms in total. The molecule has 0 bridgehead atoms. The first-order valence-electron chi connectivity index (χ1n) is 4.53.